The molecule has 0 unspecified atom stereocenters. The molecule has 0 bridgehead atoms. The number of benzene rings is 2. The molecule has 2 aromatic carbocycles. The van der Waals surface area contributed by atoms with Gasteiger partial charge in [-0.2, -0.15) is 0 Å². The molecule has 4 nitrogen and oxygen atoms in total. The third kappa shape index (κ3) is 1.69. The molecule has 1 heterocycles. The zero-order valence-electron chi connectivity index (χ0n) is 9.65. The van der Waals surface area contributed by atoms with Crippen LogP contribution in [0.2, 0.25) is 0 Å². The summed E-state index contributed by atoms with van der Waals surface area (Å²) >= 11 is 0. The fourth-order valence-electron chi connectivity index (χ4n) is 2.04. The van der Waals surface area contributed by atoms with Gasteiger partial charge in [0.15, 0.2) is 0 Å². The molecule has 3 aromatic rings. The Bertz CT molecular complexity index is 815. The van der Waals surface area contributed by atoms with E-state index in [2.05, 4.69) is 4.98 Å². The molecule has 3 rings (SSSR count). The number of rotatable bonds is 1. The number of H-pyrrole nitrogens is 1. The molecule has 3 N–H and O–H groups in total. The number of nitrogens with two attached hydrogens (primary N) is 1. The van der Waals surface area contributed by atoms with Crippen molar-refractivity contribution in [1.29, 1.82) is 0 Å². The molecule has 0 fully saturated rings. The van der Waals surface area contributed by atoms with Gasteiger partial charge >= 0.3 is 5.69 Å². The van der Waals surface area contributed by atoms with Gasteiger partial charge < -0.3 is 10.7 Å². The van der Waals surface area contributed by atoms with Gasteiger partial charge in [-0.1, -0.05) is 6.07 Å². The lowest BCUT2D eigenvalue weighted by atomic mass is 10.2. The molecular formula is C13H9F2N3O. The first-order valence-corrected chi connectivity index (χ1v) is 5.52. The summed E-state index contributed by atoms with van der Waals surface area (Å²) in [5, 5.41) is 0. The second kappa shape index (κ2) is 3.94. The lowest BCUT2D eigenvalue weighted by Crippen LogP contribution is -2.17. The summed E-state index contributed by atoms with van der Waals surface area (Å²) in [6.45, 7) is 0. The Morgan fingerprint density at radius 2 is 1.79 bits per heavy atom. The number of hydrogen-bond acceptors (Lipinski definition) is 2. The minimum absolute atomic E-state index is 0.328. The first-order valence-electron chi connectivity index (χ1n) is 5.52. The average molecular weight is 261 g/mol. The van der Waals surface area contributed by atoms with E-state index in [-0.39, 0.29) is 0 Å². The van der Waals surface area contributed by atoms with Crippen LogP contribution in [0.1, 0.15) is 0 Å². The van der Waals surface area contributed by atoms with E-state index in [4.69, 9.17) is 5.73 Å². The van der Waals surface area contributed by atoms with Gasteiger partial charge in [-0.15, -0.1) is 0 Å². The van der Waals surface area contributed by atoms with Crippen LogP contribution in [0.4, 0.5) is 14.5 Å². The van der Waals surface area contributed by atoms with Crippen LogP contribution in [0.5, 0.6) is 0 Å². The standard InChI is InChI=1S/C13H9F2N3O/c14-8-2-1-3-9(15)12(8)18-11-6-7(16)4-5-10(11)17-13(18)19/h1-6H,16H2,(H,17,19). The van der Waals surface area contributed by atoms with Crippen LogP contribution in [-0.2, 0) is 0 Å². The van der Waals surface area contributed by atoms with E-state index in [1.807, 2.05) is 0 Å². The molecule has 0 spiro atoms. The predicted molar refractivity (Wildman–Crippen MR) is 68.2 cm³/mol. The van der Waals surface area contributed by atoms with Crippen molar-refractivity contribution in [2.45, 2.75) is 0 Å². The van der Waals surface area contributed by atoms with Crippen molar-refractivity contribution in [3.05, 3.63) is 58.5 Å². The Morgan fingerprint density at radius 1 is 1.11 bits per heavy atom. The van der Waals surface area contributed by atoms with E-state index in [9.17, 15) is 13.6 Å². The Labute approximate surface area is 106 Å². The summed E-state index contributed by atoms with van der Waals surface area (Å²) in [5.74, 6) is -1.63. The molecule has 19 heavy (non-hydrogen) atoms. The van der Waals surface area contributed by atoms with Crippen molar-refractivity contribution in [3.8, 4) is 5.69 Å². The molecule has 0 saturated heterocycles. The molecule has 96 valence electrons. The van der Waals surface area contributed by atoms with Gasteiger partial charge in [0.1, 0.15) is 17.3 Å². The van der Waals surface area contributed by atoms with Gasteiger partial charge in [0, 0.05) is 5.69 Å². The van der Waals surface area contributed by atoms with Crippen LogP contribution in [0.15, 0.2) is 41.2 Å². The Hall–Kier alpha value is -2.63. The normalized spacial score (nSPS) is 11.1. The number of nitrogens with zero attached hydrogens (tertiary/aromatic N) is 1. The Kier molecular flexibility index (Phi) is 2.38. The first-order chi connectivity index (χ1) is 9.08. The number of nitrogen functional groups attached to an aromatic ring is 1. The van der Waals surface area contributed by atoms with E-state index in [1.165, 1.54) is 12.1 Å². The molecule has 0 amide bonds. The average Bonchev–Trinajstić information content (AvgIpc) is 2.66. The topological polar surface area (TPSA) is 63.8 Å². The summed E-state index contributed by atoms with van der Waals surface area (Å²) in [7, 11) is 0. The third-order valence-electron chi connectivity index (χ3n) is 2.87. The predicted octanol–water partition coefficient (Wildman–Crippen LogP) is 2.18. The van der Waals surface area contributed by atoms with Crippen molar-refractivity contribution in [2.75, 3.05) is 5.73 Å². The highest BCUT2D eigenvalue weighted by Gasteiger charge is 2.16. The zero-order chi connectivity index (χ0) is 13.6. The van der Waals surface area contributed by atoms with Crippen LogP contribution in [0.25, 0.3) is 16.7 Å². The number of hydrogen-bond donors (Lipinski definition) is 2. The smallest absolute Gasteiger partial charge is 0.331 e. The van der Waals surface area contributed by atoms with Gasteiger partial charge in [-0.25, -0.2) is 13.6 Å². The number of aromatic nitrogens is 2. The highest BCUT2D eigenvalue weighted by Crippen LogP contribution is 2.22. The van der Waals surface area contributed by atoms with Crippen molar-refractivity contribution in [3.63, 3.8) is 0 Å². The molecule has 0 radical (unpaired) electrons. The number of imidazole rings is 1. The maximum absolute atomic E-state index is 13.8. The van der Waals surface area contributed by atoms with Gasteiger partial charge in [0.05, 0.1) is 11.0 Å². The summed E-state index contributed by atoms with van der Waals surface area (Å²) in [6.07, 6.45) is 0. The number of para-hydroxylation sites is 1. The molecule has 0 aliphatic carbocycles. The van der Waals surface area contributed by atoms with Crippen molar-refractivity contribution in [1.82, 2.24) is 9.55 Å². The lowest BCUT2D eigenvalue weighted by molar-refractivity contribution is 0.569. The minimum Gasteiger partial charge on any atom is -0.399 e. The van der Waals surface area contributed by atoms with Gasteiger partial charge in [-0.3, -0.25) is 4.57 Å². The van der Waals surface area contributed by atoms with Crippen LogP contribution >= 0.6 is 0 Å². The molecular weight excluding hydrogens is 252 g/mol. The molecule has 0 atom stereocenters. The van der Waals surface area contributed by atoms with Crippen molar-refractivity contribution >= 4 is 16.7 Å². The van der Waals surface area contributed by atoms with Crippen molar-refractivity contribution < 1.29 is 8.78 Å². The number of nitrogens with one attached hydrogen (secondary N) is 1. The van der Waals surface area contributed by atoms with E-state index < -0.39 is 23.0 Å². The van der Waals surface area contributed by atoms with E-state index in [0.717, 1.165) is 16.7 Å². The second-order valence-corrected chi connectivity index (χ2v) is 4.11. The summed E-state index contributed by atoms with van der Waals surface area (Å²) < 4.78 is 28.5. The van der Waals surface area contributed by atoms with Crippen LogP contribution in [-0.4, -0.2) is 9.55 Å². The lowest BCUT2D eigenvalue weighted by Gasteiger charge is -2.06. The molecule has 0 saturated carbocycles. The highest BCUT2D eigenvalue weighted by atomic mass is 19.1. The number of anilines is 1. The van der Waals surface area contributed by atoms with Crippen LogP contribution in [0, 0.1) is 11.6 Å². The monoisotopic (exact) mass is 261 g/mol. The summed E-state index contributed by atoms with van der Waals surface area (Å²) in [5.41, 5.74) is 5.79. The molecule has 0 aliphatic heterocycles. The third-order valence-corrected chi connectivity index (χ3v) is 2.87. The maximum Gasteiger partial charge on any atom is 0.331 e. The minimum atomic E-state index is -0.814. The quantitative estimate of drug-likeness (QED) is 0.659. The SMILES string of the molecule is Nc1ccc2[nH]c(=O)n(-c3c(F)cccc3F)c2c1. The first kappa shape index (κ1) is 11.5. The molecule has 1 aromatic heterocycles. The fraction of sp³-hybridized carbons (Fsp3) is 0. The number of fused-ring (bicyclic) bond motifs is 1. The zero-order valence-corrected chi connectivity index (χ0v) is 9.65. The van der Waals surface area contributed by atoms with E-state index in [1.54, 1.807) is 12.1 Å². The summed E-state index contributed by atoms with van der Waals surface area (Å²) in [6, 6.07) is 8.09. The van der Waals surface area contributed by atoms with Crippen molar-refractivity contribution in [2.24, 2.45) is 0 Å². The number of aromatic amines is 1. The van der Waals surface area contributed by atoms with E-state index in [0.29, 0.717) is 16.7 Å². The fourth-order valence-corrected chi connectivity index (χ4v) is 2.04. The highest BCUT2D eigenvalue weighted by molar-refractivity contribution is 5.80. The van der Waals surface area contributed by atoms with Gasteiger partial charge in [0.2, 0.25) is 0 Å². The van der Waals surface area contributed by atoms with Gasteiger partial charge in [0.25, 0.3) is 0 Å². The molecule has 0 aliphatic rings. The second-order valence-electron chi connectivity index (χ2n) is 4.11. The largest absolute Gasteiger partial charge is 0.399 e. The maximum atomic E-state index is 13.8. The Balaban J connectivity index is 2.46. The Morgan fingerprint density at radius 3 is 2.47 bits per heavy atom. The molecule has 6 heteroatoms. The van der Waals surface area contributed by atoms with E-state index >= 15 is 0 Å². The number of halogens is 2. The van der Waals surface area contributed by atoms with Crippen LogP contribution < -0.4 is 11.4 Å². The van der Waals surface area contributed by atoms with Crippen LogP contribution in [0.3, 0.4) is 0 Å². The van der Waals surface area contributed by atoms with Gasteiger partial charge in [-0.05, 0) is 30.3 Å². The summed E-state index contributed by atoms with van der Waals surface area (Å²) in [4.78, 5) is 14.4.